The molecule has 0 saturated carbocycles. The van der Waals surface area contributed by atoms with Crippen LogP contribution < -0.4 is 5.32 Å². The average molecular weight is 605 g/mol. The topological polar surface area (TPSA) is 175 Å². The summed E-state index contributed by atoms with van der Waals surface area (Å²) in [6.07, 6.45) is -2.99. The largest absolute Gasteiger partial charge is 0.480 e. The van der Waals surface area contributed by atoms with E-state index in [1.54, 1.807) is 31.2 Å². The van der Waals surface area contributed by atoms with Gasteiger partial charge in [0.05, 0.1) is 12.2 Å². The number of nitrogens with zero attached hydrogens (tertiary/aromatic N) is 1. The van der Waals surface area contributed by atoms with Crippen LogP contribution in [0.3, 0.4) is 0 Å². The molecule has 2 heterocycles. The number of nitrogens with one attached hydrogen (secondary N) is 1. The Kier molecular flexibility index (Phi) is 12.0. The summed E-state index contributed by atoms with van der Waals surface area (Å²) in [6.45, 7) is 5.58. The van der Waals surface area contributed by atoms with E-state index < -0.39 is 72.4 Å². The van der Waals surface area contributed by atoms with Gasteiger partial charge in [0.15, 0.2) is 18.3 Å². The zero-order valence-electron chi connectivity index (χ0n) is 24.9. The van der Waals surface area contributed by atoms with E-state index in [0.717, 1.165) is 5.56 Å². The fraction of sp³-hybridized carbons (Fsp3) is 0.600. The van der Waals surface area contributed by atoms with Crippen LogP contribution in [0.2, 0.25) is 0 Å². The number of hydrogen-bond acceptors (Lipinski definition) is 10. The Labute approximate surface area is 250 Å². The number of aliphatic carboxylic acids is 1. The summed E-state index contributed by atoms with van der Waals surface area (Å²) in [5.41, 5.74) is 0.760. The fourth-order valence-corrected chi connectivity index (χ4v) is 5.60. The minimum absolute atomic E-state index is 0.0444. The van der Waals surface area contributed by atoms with Crippen molar-refractivity contribution >= 4 is 35.7 Å². The van der Waals surface area contributed by atoms with E-state index in [-0.39, 0.29) is 31.6 Å². The third kappa shape index (κ3) is 9.50. The Morgan fingerprint density at radius 3 is 2.16 bits per heavy atom. The number of likely N-dealkylation sites (tertiary alicyclic amines) is 1. The number of carboxylic acid groups (broad SMARTS) is 1. The molecule has 0 spiro atoms. The predicted molar refractivity (Wildman–Crippen MR) is 149 cm³/mol. The van der Waals surface area contributed by atoms with Crippen LogP contribution in [0.4, 0.5) is 0 Å². The van der Waals surface area contributed by atoms with Crippen molar-refractivity contribution in [3.63, 3.8) is 0 Å². The molecule has 0 bridgehead atoms. The highest BCUT2D eigenvalue weighted by Gasteiger charge is 2.50. The van der Waals surface area contributed by atoms with Crippen LogP contribution in [-0.2, 0) is 54.1 Å². The molecule has 1 aromatic carbocycles. The van der Waals surface area contributed by atoms with Gasteiger partial charge < -0.3 is 34.3 Å². The van der Waals surface area contributed by atoms with Crippen LogP contribution in [0.1, 0.15) is 65.4 Å². The second-order valence-electron chi connectivity index (χ2n) is 10.8. The van der Waals surface area contributed by atoms with Crippen LogP contribution in [-0.4, -0.2) is 94.8 Å². The average Bonchev–Trinajstić information content (AvgIpc) is 3.42. The van der Waals surface area contributed by atoms with Gasteiger partial charge in [-0.15, -0.1) is 0 Å². The molecule has 13 nitrogen and oxygen atoms in total. The lowest BCUT2D eigenvalue weighted by atomic mass is 9.92. The van der Waals surface area contributed by atoms with E-state index in [2.05, 4.69) is 5.32 Å². The molecule has 3 rings (SSSR count). The van der Waals surface area contributed by atoms with Gasteiger partial charge in [0.2, 0.25) is 11.8 Å². The van der Waals surface area contributed by atoms with Crippen LogP contribution >= 0.6 is 0 Å². The summed E-state index contributed by atoms with van der Waals surface area (Å²) in [7, 11) is 0. The maximum atomic E-state index is 13.2. The molecule has 7 atom stereocenters. The first-order chi connectivity index (χ1) is 20.4. The van der Waals surface area contributed by atoms with E-state index in [0.29, 0.717) is 19.4 Å². The molecule has 2 aliphatic heterocycles. The Balaban J connectivity index is 1.63. The number of esters is 3. The number of ether oxygens (including phenoxy) is 4. The Morgan fingerprint density at radius 1 is 0.953 bits per heavy atom. The highest BCUT2D eigenvalue weighted by atomic mass is 16.6. The van der Waals surface area contributed by atoms with Gasteiger partial charge in [0.1, 0.15) is 12.1 Å². The standard InChI is InChI=1S/C30H40N2O11/c1-17-26(41-18(2)33)28(43-20(4)35)27(42-19(3)34)24(40-17)13-8-14-25(36)32-15-9-12-23(32)29(37)31-22(30(38)39)16-21-10-6-5-7-11-21/h5-7,10-11,17,22-24,26-28H,8-9,12-16H2,1-4H3,(H,31,37)(H,38,39)/t17-,22-,23-,24-,26+,27+,28+/m0/s1. The van der Waals surface area contributed by atoms with Crippen molar-refractivity contribution in [2.75, 3.05) is 6.54 Å². The lowest BCUT2D eigenvalue weighted by Crippen LogP contribution is -2.60. The first-order valence-corrected chi connectivity index (χ1v) is 14.4. The fourth-order valence-electron chi connectivity index (χ4n) is 5.60. The van der Waals surface area contributed by atoms with Gasteiger partial charge in [0, 0.05) is 40.2 Å². The lowest BCUT2D eigenvalue weighted by Gasteiger charge is -2.44. The molecule has 13 heteroatoms. The summed E-state index contributed by atoms with van der Waals surface area (Å²) >= 11 is 0. The minimum Gasteiger partial charge on any atom is -0.480 e. The van der Waals surface area contributed by atoms with Gasteiger partial charge in [-0.2, -0.15) is 0 Å². The molecule has 2 N–H and O–H groups in total. The lowest BCUT2D eigenvalue weighted by molar-refractivity contribution is -0.244. The zero-order chi connectivity index (χ0) is 31.7. The number of amides is 2. The van der Waals surface area contributed by atoms with E-state index in [1.807, 2.05) is 6.07 Å². The van der Waals surface area contributed by atoms with Crippen LogP contribution in [0.5, 0.6) is 0 Å². The van der Waals surface area contributed by atoms with Gasteiger partial charge in [0.25, 0.3) is 0 Å². The molecule has 2 saturated heterocycles. The highest BCUT2D eigenvalue weighted by Crippen LogP contribution is 2.31. The first-order valence-electron chi connectivity index (χ1n) is 14.4. The molecule has 2 fully saturated rings. The smallest absolute Gasteiger partial charge is 0.326 e. The van der Waals surface area contributed by atoms with Gasteiger partial charge in [-0.1, -0.05) is 30.3 Å². The van der Waals surface area contributed by atoms with Crippen LogP contribution in [0.15, 0.2) is 30.3 Å². The minimum atomic E-state index is -1.17. The van der Waals surface area contributed by atoms with Crippen molar-refractivity contribution in [1.29, 1.82) is 0 Å². The van der Waals surface area contributed by atoms with Crippen molar-refractivity contribution in [1.82, 2.24) is 10.2 Å². The van der Waals surface area contributed by atoms with Crippen LogP contribution in [0, 0.1) is 0 Å². The molecular formula is C30H40N2O11. The molecule has 2 amide bonds. The van der Waals surface area contributed by atoms with E-state index in [1.165, 1.54) is 25.7 Å². The molecule has 0 unspecified atom stereocenters. The zero-order valence-corrected chi connectivity index (χ0v) is 24.9. The normalized spacial score (nSPS) is 25.7. The molecule has 1 aromatic rings. The molecule has 2 aliphatic rings. The van der Waals surface area contributed by atoms with Crippen molar-refractivity contribution < 1.29 is 52.8 Å². The highest BCUT2D eigenvalue weighted by molar-refractivity contribution is 5.91. The van der Waals surface area contributed by atoms with Crippen molar-refractivity contribution in [2.45, 2.75) is 109 Å². The summed E-state index contributed by atoms with van der Waals surface area (Å²) < 4.78 is 22.2. The molecule has 0 radical (unpaired) electrons. The number of benzene rings is 1. The third-order valence-corrected chi connectivity index (χ3v) is 7.42. The maximum Gasteiger partial charge on any atom is 0.326 e. The summed E-state index contributed by atoms with van der Waals surface area (Å²) in [4.78, 5) is 75.1. The summed E-state index contributed by atoms with van der Waals surface area (Å²) in [6, 6.07) is 7.02. The Bertz CT molecular complexity index is 1170. The number of hydrogen-bond donors (Lipinski definition) is 2. The van der Waals surface area contributed by atoms with Gasteiger partial charge >= 0.3 is 23.9 Å². The second kappa shape index (κ2) is 15.5. The maximum absolute atomic E-state index is 13.2. The number of rotatable bonds is 12. The summed E-state index contributed by atoms with van der Waals surface area (Å²) in [5.74, 6) is -3.90. The number of carbonyl (C=O) groups is 6. The van der Waals surface area contributed by atoms with Gasteiger partial charge in [-0.05, 0) is 38.2 Å². The van der Waals surface area contributed by atoms with Gasteiger partial charge in [-0.25, -0.2) is 4.79 Å². The molecule has 0 aromatic heterocycles. The monoisotopic (exact) mass is 604 g/mol. The van der Waals surface area contributed by atoms with Crippen molar-refractivity contribution in [2.24, 2.45) is 0 Å². The van der Waals surface area contributed by atoms with E-state index >= 15 is 0 Å². The van der Waals surface area contributed by atoms with Gasteiger partial charge in [-0.3, -0.25) is 24.0 Å². The molecule has 236 valence electrons. The predicted octanol–water partition coefficient (Wildman–Crippen LogP) is 1.54. The second-order valence-corrected chi connectivity index (χ2v) is 10.8. The van der Waals surface area contributed by atoms with E-state index in [9.17, 15) is 33.9 Å². The number of carbonyl (C=O) groups excluding carboxylic acids is 5. The molecule has 43 heavy (non-hydrogen) atoms. The van der Waals surface area contributed by atoms with E-state index in [4.69, 9.17) is 18.9 Å². The first kappa shape index (κ1) is 33.5. The summed E-state index contributed by atoms with van der Waals surface area (Å²) in [5, 5.41) is 12.3. The Hall–Kier alpha value is -4.00. The third-order valence-electron chi connectivity index (χ3n) is 7.42. The SMILES string of the molecule is CC(=O)O[C@@H]1[C@H](OC(C)=O)[C@H](C)O[C@@H](CCCC(=O)N2CCC[C@H]2C(=O)N[C@@H](Cc2ccccc2)C(=O)O)[C@H]1OC(C)=O. The number of carboxylic acids is 1. The molecular weight excluding hydrogens is 564 g/mol. The van der Waals surface area contributed by atoms with Crippen molar-refractivity contribution in [3.05, 3.63) is 35.9 Å². The molecule has 0 aliphatic carbocycles. The Morgan fingerprint density at radius 2 is 1.56 bits per heavy atom. The van der Waals surface area contributed by atoms with Crippen molar-refractivity contribution in [3.8, 4) is 0 Å². The quantitative estimate of drug-likeness (QED) is 0.262. The van der Waals surface area contributed by atoms with Crippen LogP contribution in [0.25, 0.3) is 0 Å².